The van der Waals surface area contributed by atoms with Crippen LogP contribution in [0, 0.1) is 11.8 Å². The summed E-state index contributed by atoms with van der Waals surface area (Å²) in [5, 5.41) is 11.2. The normalized spacial score (nSPS) is 20.7. The van der Waals surface area contributed by atoms with E-state index in [9.17, 15) is 9.90 Å². The van der Waals surface area contributed by atoms with Gasteiger partial charge in [-0.3, -0.25) is 9.69 Å². The number of aliphatic hydroxyl groups excluding tert-OH is 1. The highest BCUT2D eigenvalue weighted by molar-refractivity contribution is 6.35. The van der Waals surface area contributed by atoms with Crippen LogP contribution in [0.4, 0.5) is 11.8 Å². The molecule has 0 bridgehead atoms. The zero-order valence-corrected chi connectivity index (χ0v) is 20.8. The summed E-state index contributed by atoms with van der Waals surface area (Å²) >= 11 is 12.5. The van der Waals surface area contributed by atoms with Gasteiger partial charge in [0.25, 0.3) is 5.91 Å². The molecule has 1 N–H and O–H groups in total. The SMILES string of the molecule is O=C1c2cccc3nc(N4CC([C@H]5CCCN(CCO)C5)C4)nc(c23)N1Cc1ccc(Cl)cc1Cl. The number of β-amino-alcohol motifs (C(OH)–C–C–N with tert-alkyl or cyclic N) is 1. The lowest BCUT2D eigenvalue weighted by Crippen LogP contribution is -2.54. The van der Waals surface area contributed by atoms with E-state index in [-0.39, 0.29) is 12.5 Å². The Hall–Kier alpha value is -2.45. The molecule has 35 heavy (non-hydrogen) atoms. The molecule has 2 fully saturated rings. The van der Waals surface area contributed by atoms with Crippen LogP contribution in [0.1, 0.15) is 28.8 Å². The first-order chi connectivity index (χ1) is 17.0. The number of amides is 1. The van der Waals surface area contributed by atoms with E-state index in [1.165, 1.54) is 12.8 Å². The summed E-state index contributed by atoms with van der Waals surface area (Å²) < 4.78 is 0. The van der Waals surface area contributed by atoms with Crippen molar-refractivity contribution >= 4 is 51.8 Å². The molecule has 6 rings (SSSR count). The van der Waals surface area contributed by atoms with Crippen molar-refractivity contribution < 1.29 is 9.90 Å². The maximum absolute atomic E-state index is 13.3. The second-order valence-corrected chi connectivity index (χ2v) is 10.6. The van der Waals surface area contributed by atoms with E-state index in [1.807, 2.05) is 24.3 Å². The van der Waals surface area contributed by atoms with Crippen LogP contribution in [0.5, 0.6) is 0 Å². The summed E-state index contributed by atoms with van der Waals surface area (Å²) in [5.41, 5.74) is 2.23. The summed E-state index contributed by atoms with van der Waals surface area (Å²) in [5.74, 6) is 2.47. The fraction of sp³-hybridized carbons (Fsp3) is 0.423. The zero-order valence-electron chi connectivity index (χ0n) is 19.3. The summed E-state index contributed by atoms with van der Waals surface area (Å²) in [7, 11) is 0. The number of aliphatic hydroxyl groups is 1. The Bertz CT molecular complexity index is 1290. The van der Waals surface area contributed by atoms with E-state index in [0.717, 1.165) is 49.2 Å². The fourth-order valence-electron chi connectivity index (χ4n) is 5.67. The molecule has 2 aromatic carbocycles. The Morgan fingerprint density at radius 2 is 1.91 bits per heavy atom. The van der Waals surface area contributed by atoms with Crippen LogP contribution >= 0.6 is 23.2 Å². The molecule has 1 atom stereocenters. The lowest BCUT2D eigenvalue weighted by Gasteiger charge is -2.46. The number of hydrogen-bond donors (Lipinski definition) is 1. The Labute approximate surface area is 214 Å². The third-order valence-corrected chi connectivity index (χ3v) is 8.17. The van der Waals surface area contributed by atoms with Crippen molar-refractivity contribution in [2.45, 2.75) is 19.4 Å². The minimum Gasteiger partial charge on any atom is -0.395 e. The highest BCUT2D eigenvalue weighted by atomic mass is 35.5. The third kappa shape index (κ3) is 4.14. The average Bonchev–Trinajstić information content (AvgIpc) is 3.08. The Morgan fingerprint density at radius 3 is 2.71 bits per heavy atom. The van der Waals surface area contributed by atoms with Crippen LogP contribution in [0.3, 0.4) is 0 Å². The molecule has 2 saturated heterocycles. The van der Waals surface area contributed by atoms with Gasteiger partial charge in [0.15, 0.2) is 0 Å². The minimum absolute atomic E-state index is 0.0873. The van der Waals surface area contributed by atoms with Crippen molar-refractivity contribution in [3.05, 3.63) is 57.6 Å². The van der Waals surface area contributed by atoms with Crippen molar-refractivity contribution in [1.29, 1.82) is 0 Å². The first-order valence-electron chi connectivity index (χ1n) is 12.2. The fourth-order valence-corrected chi connectivity index (χ4v) is 6.14. The predicted molar refractivity (Wildman–Crippen MR) is 138 cm³/mol. The van der Waals surface area contributed by atoms with Crippen LogP contribution in [0.2, 0.25) is 10.0 Å². The molecule has 0 radical (unpaired) electrons. The van der Waals surface area contributed by atoms with E-state index < -0.39 is 0 Å². The molecule has 9 heteroatoms. The Morgan fingerprint density at radius 1 is 1.06 bits per heavy atom. The molecule has 0 spiro atoms. The number of anilines is 2. The van der Waals surface area contributed by atoms with Crippen molar-refractivity contribution in [2.24, 2.45) is 11.8 Å². The monoisotopic (exact) mass is 511 g/mol. The molecule has 1 aromatic heterocycles. The number of rotatable bonds is 6. The van der Waals surface area contributed by atoms with Crippen LogP contribution in [-0.4, -0.2) is 65.2 Å². The van der Waals surface area contributed by atoms with Gasteiger partial charge in [0.05, 0.1) is 29.6 Å². The second-order valence-electron chi connectivity index (χ2n) is 9.77. The van der Waals surface area contributed by atoms with Crippen molar-refractivity contribution in [1.82, 2.24) is 14.9 Å². The lowest BCUT2D eigenvalue weighted by atomic mass is 9.81. The number of nitrogens with zero attached hydrogens (tertiary/aromatic N) is 5. The molecule has 3 aliphatic rings. The van der Waals surface area contributed by atoms with Gasteiger partial charge in [-0.2, -0.15) is 4.98 Å². The number of carbonyl (C=O) groups is 1. The van der Waals surface area contributed by atoms with Gasteiger partial charge in [0.2, 0.25) is 5.95 Å². The molecule has 1 amide bonds. The van der Waals surface area contributed by atoms with E-state index in [1.54, 1.807) is 17.0 Å². The largest absolute Gasteiger partial charge is 0.395 e. The molecule has 3 aliphatic heterocycles. The number of aromatic nitrogens is 2. The topological polar surface area (TPSA) is 72.8 Å². The van der Waals surface area contributed by atoms with Crippen LogP contribution < -0.4 is 9.80 Å². The van der Waals surface area contributed by atoms with Gasteiger partial charge in [-0.25, -0.2) is 4.98 Å². The number of hydrogen-bond acceptors (Lipinski definition) is 6. The van der Waals surface area contributed by atoms with E-state index in [2.05, 4.69) is 9.80 Å². The number of carbonyl (C=O) groups excluding carboxylic acids is 1. The predicted octanol–water partition coefficient (Wildman–Crippen LogP) is 4.24. The number of piperidine rings is 1. The molecule has 0 saturated carbocycles. The quantitative estimate of drug-likeness (QED) is 0.533. The Kier molecular flexibility index (Phi) is 6.05. The molecule has 0 aliphatic carbocycles. The zero-order chi connectivity index (χ0) is 24.1. The van der Waals surface area contributed by atoms with Crippen LogP contribution in [-0.2, 0) is 6.54 Å². The van der Waals surface area contributed by atoms with Crippen LogP contribution in [0.25, 0.3) is 10.9 Å². The molecule has 0 unspecified atom stereocenters. The molecule has 182 valence electrons. The van der Waals surface area contributed by atoms with Crippen molar-refractivity contribution in [3.63, 3.8) is 0 Å². The molecule has 7 nitrogen and oxygen atoms in total. The average molecular weight is 512 g/mol. The minimum atomic E-state index is -0.0873. The smallest absolute Gasteiger partial charge is 0.260 e. The second kappa shape index (κ2) is 9.21. The van der Waals surface area contributed by atoms with E-state index in [4.69, 9.17) is 33.2 Å². The first kappa shape index (κ1) is 23.0. The summed E-state index contributed by atoms with van der Waals surface area (Å²) in [4.78, 5) is 29.3. The Balaban J connectivity index is 1.25. The lowest BCUT2D eigenvalue weighted by molar-refractivity contribution is 0.0991. The third-order valence-electron chi connectivity index (χ3n) is 7.58. The number of likely N-dealkylation sites (tertiary alicyclic amines) is 1. The van der Waals surface area contributed by atoms with Crippen molar-refractivity contribution in [2.75, 3.05) is 49.1 Å². The van der Waals surface area contributed by atoms with Gasteiger partial charge in [0.1, 0.15) is 5.82 Å². The van der Waals surface area contributed by atoms with Gasteiger partial charge in [0, 0.05) is 36.2 Å². The molecular weight excluding hydrogens is 485 g/mol. The van der Waals surface area contributed by atoms with Gasteiger partial charge in [-0.15, -0.1) is 0 Å². The van der Waals surface area contributed by atoms with Crippen molar-refractivity contribution in [3.8, 4) is 0 Å². The number of benzene rings is 2. The number of halogens is 2. The van der Waals surface area contributed by atoms with Gasteiger partial charge in [-0.05, 0) is 61.1 Å². The molecular formula is C26H27Cl2N5O2. The highest BCUT2D eigenvalue weighted by Gasteiger charge is 2.39. The first-order valence-corrected chi connectivity index (χ1v) is 12.9. The molecule has 3 aromatic rings. The summed E-state index contributed by atoms with van der Waals surface area (Å²) in [6.07, 6.45) is 2.42. The van der Waals surface area contributed by atoms with Gasteiger partial charge < -0.3 is 14.9 Å². The van der Waals surface area contributed by atoms with E-state index in [0.29, 0.717) is 45.8 Å². The summed E-state index contributed by atoms with van der Waals surface area (Å²) in [6, 6.07) is 11.0. The molecule has 4 heterocycles. The van der Waals surface area contributed by atoms with Crippen LogP contribution in [0.15, 0.2) is 36.4 Å². The van der Waals surface area contributed by atoms with E-state index >= 15 is 0 Å². The maximum atomic E-state index is 13.3. The standard InChI is InChI=1S/C26H27Cl2N5O2/c27-19-7-6-17(21(28)11-19)15-33-24-23-20(25(33)35)4-1-5-22(23)29-26(30-24)32-13-18(14-32)16-3-2-8-31(12-16)9-10-34/h1,4-7,11,16,18,34H,2-3,8-10,12-15H2/t16-/m0/s1. The van der Waals surface area contributed by atoms with Gasteiger partial charge >= 0.3 is 0 Å². The highest BCUT2D eigenvalue weighted by Crippen LogP contribution is 2.40. The maximum Gasteiger partial charge on any atom is 0.260 e. The van der Waals surface area contributed by atoms with Gasteiger partial charge in [-0.1, -0.05) is 35.3 Å². The summed E-state index contributed by atoms with van der Waals surface area (Å²) in [6.45, 7) is 5.26.